The minimum atomic E-state index is 0.636. The Labute approximate surface area is 135 Å². The van der Waals surface area contributed by atoms with Crippen LogP contribution in [0.3, 0.4) is 0 Å². The van der Waals surface area contributed by atoms with Gasteiger partial charge >= 0.3 is 0 Å². The molecule has 2 aromatic carbocycles. The van der Waals surface area contributed by atoms with Crippen LogP contribution in [-0.4, -0.2) is 16.9 Å². The molecule has 3 rings (SSSR count). The van der Waals surface area contributed by atoms with Crippen molar-refractivity contribution in [2.45, 2.75) is 13.8 Å². The normalized spacial score (nSPS) is 10.3. The predicted octanol–water partition coefficient (Wildman–Crippen LogP) is 4.04. The van der Waals surface area contributed by atoms with Crippen LogP contribution in [0.1, 0.15) is 16.8 Å². The summed E-state index contributed by atoms with van der Waals surface area (Å²) in [5.74, 6) is 0.636. The average molecular weight is 303 g/mol. The van der Waals surface area contributed by atoms with Gasteiger partial charge in [0.25, 0.3) is 0 Å². The highest BCUT2D eigenvalue weighted by Crippen LogP contribution is 2.30. The van der Waals surface area contributed by atoms with E-state index in [1.165, 1.54) is 0 Å². The minimum absolute atomic E-state index is 0.636. The fraction of sp³-hybridized carbons (Fsp3) is 0.158. The summed E-state index contributed by atoms with van der Waals surface area (Å²) >= 11 is 0. The van der Waals surface area contributed by atoms with Crippen LogP contribution in [0.15, 0.2) is 48.5 Å². The largest absolute Gasteiger partial charge is 0.480 e. The second kappa shape index (κ2) is 5.98. The molecule has 4 heteroatoms. The molecule has 0 N–H and O–H groups in total. The van der Waals surface area contributed by atoms with E-state index in [4.69, 9.17) is 10.00 Å². The van der Waals surface area contributed by atoms with Crippen LogP contribution in [0.25, 0.3) is 16.8 Å². The third kappa shape index (κ3) is 2.58. The van der Waals surface area contributed by atoms with Gasteiger partial charge in [0.15, 0.2) is 0 Å². The van der Waals surface area contributed by atoms with Gasteiger partial charge in [0, 0.05) is 16.8 Å². The van der Waals surface area contributed by atoms with Crippen LogP contribution in [0.5, 0.6) is 5.88 Å². The molecule has 0 fully saturated rings. The summed E-state index contributed by atoms with van der Waals surface area (Å²) in [6, 6.07) is 17.8. The second-order valence-electron chi connectivity index (χ2n) is 5.34. The van der Waals surface area contributed by atoms with Gasteiger partial charge in [-0.2, -0.15) is 5.26 Å². The Kier molecular flexibility index (Phi) is 3.86. The molecule has 0 atom stereocenters. The van der Waals surface area contributed by atoms with Gasteiger partial charge in [-0.25, -0.2) is 4.68 Å². The van der Waals surface area contributed by atoms with Crippen molar-refractivity contribution in [1.82, 2.24) is 9.78 Å². The Morgan fingerprint density at radius 1 is 1.04 bits per heavy atom. The maximum absolute atomic E-state index is 8.95. The molecule has 0 spiro atoms. The lowest BCUT2D eigenvalue weighted by molar-refractivity contribution is 0.391. The molecule has 1 heterocycles. The second-order valence-corrected chi connectivity index (χ2v) is 5.34. The van der Waals surface area contributed by atoms with Crippen LogP contribution in [0, 0.1) is 25.2 Å². The summed E-state index contributed by atoms with van der Waals surface area (Å²) < 4.78 is 7.24. The van der Waals surface area contributed by atoms with E-state index in [0.29, 0.717) is 11.4 Å². The van der Waals surface area contributed by atoms with E-state index < -0.39 is 0 Å². The Hall–Kier alpha value is -3.06. The van der Waals surface area contributed by atoms with Crippen LogP contribution >= 0.6 is 0 Å². The van der Waals surface area contributed by atoms with Crippen LogP contribution < -0.4 is 4.74 Å². The topological polar surface area (TPSA) is 50.8 Å². The van der Waals surface area contributed by atoms with Crippen molar-refractivity contribution in [1.29, 1.82) is 5.26 Å². The molecule has 0 unspecified atom stereocenters. The smallest absolute Gasteiger partial charge is 0.236 e. The van der Waals surface area contributed by atoms with Crippen molar-refractivity contribution in [3.63, 3.8) is 0 Å². The highest BCUT2D eigenvalue weighted by Gasteiger charge is 2.15. The van der Waals surface area contributed by atoms with Crippen molar-refractivity contribution in [3.8, 4) is 28.8 Å². The molecule has 3 aromatic rings. The molecule has 4 nitrogen and oxygen atoms in total. The Morgan fingerprint density at radius 3 is 2.35 bits per heavy atom. The third-order valence-electron chi connectivity index (χ3n) is 4.02. The van der Waals surface area contributed by atoms with Gasteiger partial charge in [-0.3, -0.25) is 0 Å². The van der Waals surface area contributed by atoms with Crippen LogP contribution in [0.2, 0.25) is 0 Å². The first-order valence-electron chi connectivity index (χ1n) is 7.36. The van der Waals surface area contributed by atoms with Crippen molar-refractivity contribution < 1.29 is 4.74 Å². The number of aromatic nitrogens is 2. The maximum atomic E-state index is 8.95. The predicted molar refractivity (Wildman–Crippen MR) is 89.7 cm³/mol. The summed E-state index contributed by atoms with van der Waals surface area (Å²) in [4.78, 5) is 0. The number of ether oxygens (including phenoxy) is 1. The molecule has 0 aliphatic carbocycles. The lowest BCUT2D eigenvalue weighted by Gasteiger charge is -2.11. The average Bonchev–Trinajstić information content (AvgIpc) is 2.90. The Bertz CT molecular complexity index is 886. The molecule has 0 amide bonds. The number of hydrogen-bond acceptors (Lipinski definition) is 3. The first-order valence-corrected chi connectivity index (χ1v) is 7.36. The molecular weight excluding hydrogens is 286 g/mol. The summed E-state index contributed by atoms with van der Waals surface area (Å²) in [7, 11) is 1.63. The summed E-state index contributed by atoms with van der Waals surface area (Å²) in [5.41, 5.74) is 5.82. The molecule has 0 radical (unpaired) electrons. The van der Waals surface area contributed by atoms with Gasteiger partial charge in [0.05, 0.1) is 24.4 Å². The van der Waals surface area contributed by atoms with Crippen molar-refractivity contribution in [2.75, 3.05) is 7.11 Å². The third-order valence-corrected chi connectivity index (χ3v) is 4.02. The monoisotopic (exact) mass is 303 g/mol. The SMILES string of the molecule is COc1nn(-c2ccccc2-c2ccc(C#N)cc2)c(C)c1C. The standard InChI is InChI=1S/C19H17N3O/c1-13-14(2)22(21-19(13)23-3)18-7-5-4-6-17(18)16-10-8-15(12-20)9-11-16/h4-11H,1-3H3. The number of hydrogen-bond donors (Lipinski definition) is 0. The Balaban J connectivity index is 2.17. The molecule has 0 saturated heterocycles. The van der Waals surface area contributed by atoms with Crippen LogP contribution in [0.4, 0.5) is 0 Å². The van der Waals surface area contributed by atoms with E-state index in [1.54, 1.807) is 7.11 Å². The van der Waals surface area contributed by atoms with Crippen molar-refractivity contribution in [3.05, 3.63) is 65.4 Å². The molecule has 0 aliphatic heterocycles. The fourth-order valence-corrected chi connectivity index (χ4v) is 2.61. The molecular formula is C19H17N3O. The number of nitriles is 1. The fourth-order valence-electron chi connectivity index (χ4n) is 2.61. The van der Waals surface area contributed by atoms with Gasteiger partial charge in [0.2, 0.25) is 5.88 Å². The number of nitrogens with zero attached hydrogens (tertiary/aromatic N) is 3. The zero-order valence-corrected chi connectivity index (χ0v) is 13.4. The van der Waals surface area contributed by atoms with Gasteiger partial charge < -0.3 is 4.74 Å². The first kappa shape index (κ1) is 14.9. The highest BCUT2D eigenvalue weighted by molar-refractivity contribution is 5.73. The van der Waals surface area contributed by atoms with Gasteiger partial charge in [-0.15, -0.1) is 5.10 Å². The van der Waals surface area contributed by atoms with E-state index in [0.717, 1.165) is 28.1 Å². The minimum Gasteiger partial charge on any atom is -0.480 e. The molecule has 114 valence electrons. The lowest BCUT2D eigenvalue weighted by Crippen LogP contribution is -2.01. The van der Waals surface area contributed by atoms with E-state index >= 15 is 0 Å². The number of benzene rings is 2. The van der Waals surface area contributed by atoms with Crippen LogP contribution in [-0.2, 0) is 0 Å². The Morgan fingerprint density at radius 2 is 1.74 bits per heavy atom. The van der Waals surface area contributed by atoms with Gasteiger partial charge in [0.1, 0.15) is 0 Å². The zero-order valence-electron chi connectivity index (χ0n) is 13.4. The summed E-state index contributed by atoms with van der Waals surface area (Å²) in [6.07, 6.45) is 0. The summed E-state index contributed by atoms with van der Waals surface area (Å²) in [5, 5.41) is 13.5. The highest BCUT2D eigenvalue weighted by atomic mass is 16.5. The molecule has 0 saturated carbocycles. The van der Waals surface area contributed by atoms with E-state index in [9.17, 15) is 0 Å². The van der Waals surface area contributed by atoms with E-state index in [1.807, 2.05) is 61.0 Å². The number of rotatable bonds is 3. The molecule has 1 aromatic heterocycles. The number of para-hydroxylation sites is 1. The van der Waals surface area contributed by atoms with Crippen molar-refractivity contribution >= 4 is 0 Å². The van der Waals surface area contributed by atoms with Gasteiger partial charge in [-0.05, 0) is 37.6 Å². The molecule has 0 aliphatic rings. The lowest BCUT2D eigenvalue weighted by atomic mass is 10.0. The first-order chi connectivity index (χ1) is 11.2. The molecule has 23 heavy (non-hydrogen) atoms. The number of methoxy groups -OCH3 is 1. The maximum Gasteiger partial charge on any atom is 0.236 e. The van der Waals surface area contributed by atoms with Crippen molar-refractivity contribution in [2.24, 2.45) is 0 Å². The quantitative estimate of drug-likeness (QED) is 0.734. The van der Waals surface area contributed by atoms with E-state index in [-0.39, 0.29) is 0 Å². The molecule has 0 bridgehead atoms. The summed E-state index contributed by atoms with van der Waals surface area (Å²) in [6.45, 7) is 4.03. The zero-order chi connectivity index (χ0) is 16.4. The van der Waals surface area contributed by atoms with Gasteiger partial charge in [-0.1, -0.05) is 30.3 Å². The van der Waals surface area contributed by atoms with E-state index in [2.05, 4.69) is 17.2 Å².